The van der Waals surface area contributed by atoms with Gasteiger partial charge in [0.25, 0.3) is 0 Å². The van der Waals surface area contributed by atoms with Gasteiger partial charge in [0.1, 0.15) is 6.10 Å². The predicted octanol–water partition coefficient (Wildman–Crippen LogP) is 3.82. The molecule has 0 spiro atoms. The topological polar surface area (TPSA) is 56.8 Å². The molecule has 5 rings (SSSR count). The third-order valence-electron chi connectivity index (χ3n) is 7.45. The molecule has 0 bridgehead atoms. The Morgan fingerprint density at radius 3 is 3.04 bits per heavy atom. The van der Waals surface area contributed by atoms with Crippen LogP contribution in [-0.2, 0) is 16.1 Å². The molecule has 2 aliphatic heterocycles. The number of hydrogen-bond donors (Lipinski definition) is 1. The summed E-state index contributed by atoms with van der Waals surface area (Å²) in [6.07, 6.45) is 5.70. The van der Waals surface area contributed by atoms with Crippen molar-refractivity contribution in [2.75, 3.05) is 13.3 Å². The van der Waals surface area contributed by atoms with Gasteiger partial charge in [-0.3, -0.25) is 4.79 Å². The predicted molar refractivity (Wildman–Crippen MR) is 105 cm³/mol. The second-order valence-electron chi connectivity index (χ2n) is 9.22. The standard InChI is InChI=1S/C23H29NO4/c1-14-4-3-7-23(2)10-21-16(9-18(14)23)17(22(25)28-21)12-24-11-15-5-6-19-20(8-15)27-13-26-19/h5-6,8,16-18,21,24H,1,3-4,7,9-13H2,2H3/t16-,17+,18+,21-,23-/m1/s1. The van der Waals surface area contributed by atoms with E-state index in [-0.39, 0.29) is 30.2 Å². The van der Waals surface area contributed by atoms with Crippen molar-refractivity contribution < 1.29 is 19.0 Å². The van der Waals surface area contributed by atoms with E-state index in [9.17, 15) is 4.79 Å². The Bertz CT molecular complexity index is 806. The van der Waals surface area contributed by atoms with E-state index in [0.29, 0.717) is 24.9 Å². The minimum absolute atomic E-state index is 0.0268. The van der Waals surface area contributed by atoms with Crippen LogP contribution in [0.2, 0.25) is 0 Å². The van der Waals surface area contributed by atoms with E-state index in [2.05, 4.69) is 18.8 Å². The molecule has 0 aromatic heterocycles. The maximum atomic E-state index is 12.6. The summed E-state index contributed by atoms with van der Waals surface area (Å²) < 4.78 is 16.7. The SMILES string of the molecule is C=C1CCC[C@]2(C)C[C@H]3OC(=O)[C@@H](CNCc4ccc5c(c4)OCO5)[C@H]3C[C@@H]12. The first-order valence-corrected chi connectivity index (χ1v) is 10.5. The molecule has 1 aromatic rings. The van der Waals surface area contributed by atoms with Crippen LogP contribution < -0.4 is 14.8 Å². The van der Waals surface area contributed by atoms with E-state index in [1.807, 2.05) is 18.2 Å². The largest absolute Gasteiger partial charge is 0.462 e. The second kappa shape index (κ2) is 6.80. The monoisotopic (exact) mass is 383 g/mol. The first-order chi connectivity index (χ1) is 13.5. The third-order valence-corrected chi connectivity index (χ3v) is 7.45. The van der Waals surface area contributed by atoms with Crippen molar-refractivity contribution in [2.24, 2.45) is 23.2 Å². The van der Waals surface area contributed by atoms with E-state index < -0.39 is 0 Å². The van der Waals surface area contributed by atoms with Gasteiger partial charge in [-0.15, -0.1) is 0 Å². The third kappa shape index (κ3) is 3.00. The van der Waals surface area contributed by atoms with Crippen molar-refractivity contribution >= 4 is 5.97 Å². The van der Waals surface area contributed by atoms with Crippen molar-refractivity contribution in [3.05, 3.63) is 35.9 Å². The van der Waals surface area contributed by atoms with Crippen LogP contribution in [0.3, 0.4) is 0 Å². The number of esters is 1. The first kappa shape index (κ1) is 18.0. The molecule has 5 heteroatoms. The molecular weight excluding hydrogens is 354 g/mol. The van der Waals surface area contributed by atoms with E-state index in [1.54, 1.807) is 0 Å². The van der Waals surface area contributed by atoms with Crippen LogP contribution in [0, 0.1) is 23.2 Å². The molecule has 5 nitrogen and oxygen atoms in total. The Hall–Kier alpha value is -2.01. The highest BCUT2D eigenvalue weighted by molar-refractivity contribution is 5.75. The highest BCUT2D eigenvalue weighted by Gasteiger charge is 2.54. The van der Waals surface area contributed by atoms with Gasteiger partial charge < -0.3 is 19.5 Å². The van der Waals surface area contributed by atoms with Gasteiger partial charge in [0, 0.05) is 19.0 Å². The van der Waals surface area contributed by atoms with Crippen LogP contribution in [0.4, 0.5) is 0 Å². The zero-order chi connectivity index (χ0) is 19.3. The van der Waals surface area contributed by atoms with Gasteiger partial charge in [-0.05, 0) is 61.1 Å². The van der Waals surface area contributed by atoms with Crippen LogP contribution >= 0.6 is 0 Å². The quantitative estimate of drug-likeness (QED) is 0.633. The first-order valence-electron chi connectivity index (χ1n) is 10.5. The van der Waals surface area contributed by atoms with Crippen LogP contribution in [0.25, 0.3) is 0 Å². The average molecular weight is 383 g/mol. The lowest BCUT2D eigenvalue weighted by Crippen LogP contribution is -2.45. The van der Waals surface area contributed by atoms with Crippen molar-refractivity contribution in [1.29, 1.82) is 0 Å². The molecule has 5 atom stereocenters. The highest BCUT2D eigenvalue weighted by atomic mass is 16.7. The Balaban J connectivity index is 1.23. The average Bonchev–Trinajstić information content (AvgIpc) is 3.24. The molecule has 4 aliphatic rings. The molecular formula is C23H29NO4. The maximum Gasteiger partial charge on any atom is 0.310 e. The summed E-state index contributed by atoms with van der Waals surface area (Å²) in [6.45, 7) is 8.38. The number of rotatable bonds is 4. The Labute approximate surface area is 166 Å². The van der Waals surface area contributed by atoms with Gasteiger partial charge in [0.2, 0.25) is 6.79 Å². The van der Waals surface area contributed by atoms with E-state index >= 15 is 0 Å². The molecule has 0 amide bonds. The zero-order valence-electron chi connectivity index (χ0n) is 16.5. The molecule has 1 saturated heterocycles. The molecule has 2 heterocycles. The molecule has 2 aliphatic carbocycles. The number of carbonyl (C=O) groups is 1. The molecule has 150 valence electrons. The van der Waals surface area contributed by atoms with Crippen molar-refractivity contribution in [2.45, 2.75) is 51.7 Å². The van der Waals surface area contributed by atoms with Gasteiger partial charge >= 0.3 is 5.97 Å². The maximum absolute atomic E-state index is 12.6. The number of fused-ring (bicyclic) bond motifs is 3. The fraction of sp³-hybridized carbons (Fsp3) is 0.609. The van der Waals surface area contributed by atoms with Crippen molar-refractivity contribution in [3.8, 4) is 11.5 Å². The molecule has 28 heavy (non-hydrogen) atoms. The lowest BCUT2D eigenvalue weighted by molar-refractivity contribution is -0.146. The van der Waals surface area contributed by atoms with Gasteiger partial charge in [0.05, 0.1) is 5.92 Å². The van der Waals surface area contributed by atoms with Gasteiger partial charge in [0.15, 0.2) is 11.5 Å². The highest BCUT2D eigenvalue weighted by Crippen LogP contribution is 2.56. The van der Waals surface area contributed by atoms with Gasteiger partial charge in [-0.1, -0.05) is 25.1 Å². The Morgan fingerprint density at radius 1 is 1.29 bits per heavy atom. The van der Waals surface area contributed by atoms with E-state index in [1.165, 1.54) is 18.4 Å². The Morgan fingerprint density at radius 2 is 2.14 bits per heavy atom. The number of nitrogens with one attached hydrogen (secondary N) is 1. The van der Waals surface area contributed by atoms with Gasteiger partial charge in [-0.25, -0.2) is 0 Å². The van der Waals surface area contributed by atoms with Crippen molar-refractivity contribution in [3.63, 3.8) is 0 Å². The van der Waals surface area contributed by atoms with E-state index in [0.717, 1.165) is 36.3 Å². The summed E-state index contributed by atoms with van der Waals surface area (Å²) in [6, 6.07) is 5.98. The molecule has 1 aromatic carbocycles. The normalized spacial score (nSPS) is 36.0. The minimum Gasteiger partial charge on any atom is -0.462 e. The fourth-order valence-electron chi connectivity index (χ4n) is 5.91. The van der Waals surface area contributed by atoms with Gasteiger partial charge in [-0.2, -0.15) is 0 Å². The number of benzene rings is 1. The molecule has 3 fully saturated rings. The number of ether oxygens (including phenoxy) is 3. The molecule has 0 unspecified atom stereocenters. The fourth-order valence-corrected chi connectivity index (χ4v) is 5.91. The summed E-state index contributed by atoms with van der Waals surface area (Å²) in [4.78, 5) is 12.6. The smallest absolute Gasteiger partial charge is 0.310 e. The summed E-state index contributed by atoms with van der Waals surface area (Å²) >= 11 is 0. The summed E-state index contributed by atoms with van der Waals surface area (Å²) in [5.74, 6) is 2.35. The van der Waals surface area contributed by atoms with Crippen LogP contribution in [0.5, 0.6) is 11.5 Å². The lowest BCUT2D eigenvalue weighted by atomic mass is 9.55. The van der Waals surface area contributed by atoms with Crippen LogP contribution in [0.1, 0.15) is 44.6 Å². The second-order valence-corrected chi connectivity index (χ2v) is 9.22. The number of hydrogen-bond acceptors (Lipinski definition) is 5. The Kier molecular flexibility index (Phi) is 4.38. The molecule has 2 saturated carbocycles. The molecule has 0 radical (unpaired) electrons. The summed E-state index contributed by atoms with van der Waals surface area (Å²) in [7, 11) is 0. The zero-order valence-corrected chi connectivity index (χ0v) is 16.5. The van der Waals surface area contributed by atoms with E-state index in [4.69, 9.17) is 14.2 Å². The number of carbonyl (C=O) groups excluding carboxylic acids is 1. The van der Waals surface area contributed by atoms with Crippen molar-refractivity contribution in [1.82, 2.24) is 5.32 Å². The summed E-state index contributed by atoms with van der Waals surface area (Å²) in [5, 5.41) is 3.47. The van der Waals surface area contributed by atoms with Crippen LogP contribution in [0.15, 0.2) is 30.4 Å². The van der Waals surface area contributed by atoms with Crippen LogP contribution in [-0.4, -0.2) is 25.4 Å². The number of allylic oxidation sites excluding steroid dienone is 1. The lowest BCUT2D eigenvalue weighted by Gasteiger charge is -2.50. The minimum atomic E-state index is -0.0571. The summed E-state index contributed by atoms with van der Waals surface area (Å²) in [5.41, 5.74) is 2.77. The molecule has 1 N–H and O–H groups in total.